The molecule has 2 aromatic carbocycles. The summed E-state index contributed by atoms with van der Waals surface area (Å²) in [4.78, 5) is 0. The van der Waals surface area contributed by atoms with Gasteiger partial charge in [-0.15, -0.1) is 0 Å². The van der Waals surface area contributed by atoms with Crippen LogP contribution in [-0.4, -0.2) is 6.54 Å². The molecule has 0 aliphatic carbocycles. The van der Waals surface area contributed by atoms with Crippen LogP contribution in [0.25, 0.3) is 0 Å². The van der Waals surface area contributed by atoms with Crippen LogP contribution in [0.3, 0.4) is 0 Å². The lowest BCUT2D eigenvalue weighted by Crippen LogP contribution is -2.14. The molecular formula is C17H19BrClNO. The molecule has 0 unspecified atom stereocenters. The van der Waals surface area contributed by atoms with Crippen molar-refractivity contribution in [3.8, 4) is 11.5 Å². The van der Waals surface area contributed by atoms with Gasteiger partial charge in [-0.2, -0.15) is 0 Å². The second kappa shape index (κ2) is 7.83. The van der Waals surface area contributed by atoms with Crippen LogP contribution < -0.4 is 10.1 Å². The van der Waals surface area contributed by atoms with Gasteiger partial charge < -0.3 is 10.1 Å². The Balaban J connectivity index is 2.27. The van der Waals surface area contributed by atoms with Gasteiger partial charge in [-0.1, -0.05) is 52.7 Å². The van der Waals surface area contributed by atoms with E-state index in [0.717, 1.165) is 46.6 Å². The van der Waals surface area contributed by atoms with Crippen molar-refractivity contribution >= 4 is 27.5 Å². The number of rotatable bonds is 6. The van der Waals surface area contributed by atoms with Crippen LogP contribution >= 0.6 is 27.5 Å². The predicted molar refractivity (Wildman–Crippen MR) is 92.4 cm³/mol. The third-order valence-electron chi connectivity index (χ3n) is 3.15. The maximum Gasteiger partial charge on any atom is 0.150 e. The molecule has 1 N–H and O–H groups in total. The molecule has 21 heavy (non-hydrogen) atoms. The van der Waals surface area contributed by atoms with Crippen molar-refractivity contribution in [3.63, 3.8) is 0 Å². The number of hydrogen-bond donors (Lipinski definition) is 1. The van der Waals surface area contributed by atoms with Crippen molar-refractivity contribution in [1.82, 2.24) is 5.32 Å². The molecule has 0 saturated carbocycles. The van der Waals surface area contributed by atoms with E-state index in [2.05, 4.69) is 28.2 Å². The van der Waals surface area contributed by atoms with Gasteiger partial charge >= 0.3 is 0 Å². The summed E-state index contributed by atoms with van der Waals surface area (Å²) in [6.07, 6.45) is 1.10. The van der Waals surface area contributed by atoms with Crippen LogP contribution in [0.15, 0.2) is 40.9 Å². The van der Waals surface area contributed by atoms with Crippen molar-refractivity contribution in [1.29, 1.82) is 0 Å². The summed E-state index contributed by atoms with van der Waals surface area (Å²) in [6.45, 7) is 5.89. The lowest BCUT2D eigenvalue weighted by Gasteiger charge is -2.15. The van der Waals surface area contributed by atoms with E-state index in [4.69, 9.17) is 16.3 Å². The first-order valence-corrected chi connectivity index (χ1v) is 8.21. The SMILES string of the molecule is CCCNCc1cccc(Cl)c1Oc1cc(Br)ccc1C. The van der Waals surface area contributed by atoms with Gasteiger partial charge in [-0.25, -0.2) is 0 Å². The lowest BCUT2D eigenvalue weighted by atomic mass is 10.2. The monoisotopic (exact) mass is 367 g/mol. The number of benzene rings is 2. The van der Waals surface area contributed by atoms with E-state index in [1.54, 1.807) is 0 Å². The van der Waals surface area contributed by atoms with Crippen LogP contribution in [0.4, 0.5) is 0 Å². The second-order valence-electron chi connectivity index (χ2n) is 4.92. The smallest absolute Gasteiger partial charge is 0.150 e. The van der Waals surface area contributed by atoms with Crippen LogP contribution in [0.5, 0.6) is 11.5 Å². The molecule has 4 heteroatoms. The highest BCUT2D eigenvalue weighted by Gasteiger charge is 2.11. The molecule has 2 rings (SSSR count). The van der Waals surface area contributed by atoms with E-state index in [0.29, 0.717) is 5.02 Å². The molecule has 0 aromatic heterocycles. The Labute approximate surface area is 139 Å². The fourth-order valence-corrected chi connectivity index (χ4v) is 2.57. The van der Waals surface area contributed by atoms with Gasteiger partial charge in [0.1, 0.15) is 5.75 Å². The highest BCUT2D eigenvalue weighted by molar-refractivity contribution is 9.10. The largest absolute Gasteiger partial charge is 0.455 e. The maximum absolute atomic E-state index is 6.32. The molecule has 0 amide bonds. The van der Waals surface area contributed by atoms with Gasteiger partial charge in [-0.05, 0) is 43.7 Å². The summed E-state index contributed by atoms with van der Waals surface area (Å²) >= 11 is 9.79. The summed E-state index contributed by atoms with van der Waals surface area (Å²) in [7, 11) is 0. The number of ether oxygens (including phenoxy) is 1. The molecule has 0 aliphatic rings. The first-order chi connectivity index (χ1) is 10.1. The number of halogens is 2. The zero-order valence-corrected chi connectivity index (χ0v) is 14.6. The zero-order chi connectivity index (χ0) is 15.2. The van der Waals surface area contributed by atoms with Crippen LogP contribution in [-0.2, 0) is 6.54 Å². The highest BCUT2D eigenvalue weighted by atomic mass is 79.9. The first kappa shape index (κ1) is 16.3. The summed E-state index contributed by atoms with van der Waals surface area (Å²) in [5, 5.41) is 4.01. The van der Waals surface area contributed by atoms with E-state index < -0.39 is 0 Å². The van der Waals surface area contributed by atoms with Crippen molar-refractivity contribution in [3.05, 3.63) is 57.0 Å². The van der Waals surface area contributed by atoms with Crippen molar-refractivity contribution in [2.24, 2.45) is 0 Å². The second-order valence-corrected chi connectivity index (χ2v) is 6.24. The Bertz CT molecular complexity index is 616. The molecule has 0 spiro atoms. The number of para-hydroxylation sites is 1. The van der Waals surface area contributed by atoms with Crippen LogP contribution in [0.2, 0.25) is 5.02 Å². The minimum Gasteiger partial charge on any atom is -0.455 e. The first-order valence-electron chi connectivity index (χ1n) is 7.04. The van der Waals surface area contributed by atoms with E-state index in [9.17, 15) is 0 Å². The van der Waals surface area contributed by atoms with E-state index in [-0.39, 0.29) is 0 Å². The number of nitrogens with one attached hydrogen (secondary N) is 1. The molecule has 2 aromatic rings. The minimum atomic E-state index is 0.630. The molecule has 2 nitrogen and oxygen atoms in total. The van der Waals surface area contributed by atoms with Gasteiger partial charge in [0.25, 0.3) is 0 Å². The zero-order valence-electron chi connectivity index (χ0n) is 12.2. The summed E-state index contributed by atoms with van der Waals surface area (Å²) < 4.78 is 7.07. The molecule has 0 saturated heterocycles. The van der Waals surface area contributed by atoms with Gasteiger partial charge in [0, 0.05) is 16.6 Å². The Kier molecular flexibility index (Phi) is 6.09. The fourth-order valence-electron chi connectivity index (χ4n) is 2.00. The van der Waals surface area contributed by atoms with Crippen LogP contribution in [0, 0.1) is 6.92 Å². The van der Waals surface area contributed by atoms with E-state index in [1.165, 1.54) is 0 Å². The Morgan fingerprint density at radius 1 is 1.24 bits per heavy atom. The maximum atomic E-state index is 6.32. The number of aryl methyl sites for hydroxylation is 1. The summed E-state index contributed by atoms with van der Waals surface area (Å²) in [6, 6.07) is 11.8. The minimum absolute atomic E-state index is 0.630. The standard InChI is InChI=1S/C17H19BrClNO/c1-3-9-20-11-13-5-4-6-15(19)17(13)21-16-10-14(18)8-7-12(16)2/h4-8,10,20H,3,9,11H2,1-2H3. The molecule has 112 valence electrons. The van der Waals surface area contributed by atoms with Crippen molar-refractivity contribution < 1.29 is 4.74 Å². The topological polar surface area (TPSA) is 21.3 Å². The molecule has 0 aliphatic heterocycles. The molecule has 0 radical (unpaired) electrons. The average Bonchev–Trinajstić information content (AvgIpc) is 2.46. The summed E-state index contributed by atoms with van der Waals surface area (Å²) in [5.74, 6) is 1.54. The molecule has 0 bridgehead atoms. The molecule has 0 heterocycles. The lowest BCUT2D eigenvalue weighted by molar-refractivity contribution is 0.469. The quantitative estimate of drug-likeness (QED) is 0.660. The molecule has 0 atom stereocenters. The number of hydrogen-bond acceptors (Lipinski definition) is 2. The Morgan fingerprint density at radius 3 is 2.81 bits per heavy atom. The normalized spacial score (nSPS) is 10.7. The third kappa shape index (κ3) is 4.47. The highest BCUT2D eigenvalue weighted by Crippen LogP contribution is 2.35. The summed E-state index contributed by atoms with van der Waals surface area (Å²) in [5.41, 5.74) is 2.14. The Hall–Kier alpha value is -1.03. The molecular weight excluding hydrogens is 350 g/mol. The van der Waals surface area contributed by atoms with Gasteiger partial charge in [-0.3, -0.25) is 0 Å². The average molecular weight is 369 g/mol. The van der Waals surface area contributed by atoms with Gasteiger partial charge in [0.2, 0.25) is 0 Å². The van der Waals surface area contributed by atoms with Gasteiger partial charge in [0.15, 0.2) is 5.75 Å². The van der Waals surface area contributed by atoms with Crippen molar-refractivity contribution in [2.45, 2.75) is 26.8 Å². The van der Waals surface area contributed by atoms with Crippen molar-refractivity contribution in [2.75, 3.05) is 6.54 Å². The third-order valence-corrected chi connectivity index (χ3v) is 3.94. The fraction of sp³-hybridized carbons (Fsp3) is 0.294. The Morgan fingerprint density at radius 2 is 2.05 bits per heavy atom. The molecule has 0 fully saturated rings. The van der Waals surface area contributed by atoms with Crippen LogP contribution in [0.1, 0.15) is 24.5 Å². The predicted octanol–water partition coefficient (Wildman–Crippen LogP) is 5.70. The van der Waals surface area contributed by atoms with Gasteiger partial charge in [0.05, 0.1) is 5.02 Å². The van der Waals surface area contributed by atoms with E-state index in [1.807, 2.05) is 43.3 Å². The van der Waals surface area contributed by atoms with E-state index >= 15 is 0 Å².